The van der Waals surface area contributed by atoms with E-state index < -0.39 is 0 Å². The van der Waals surface area contributed by atoms with Crippen molar-refractivity contribution >= 4 is 6.03 Å². The summed E-state index contributed by atoms with van der Waals surface area (Å²) in [4.78, 5) is 11.3. The summed E-state index contributed by atoms with van der Waals surface area (Å²) >= 11 is 0. The van der Waals surface area contributed by atoms with Gasteiger partial charge in [0.1, 0.15) is 0 Å². The molecule has 0 aliphatic rings. The summed E-state index contributed by atoms with van der Waals surface area (Å²) in [5.41, 5.74) is 0. The van der Waals surface area contributed by atoms with Crippen molar-refractivity contribution in [3.8, 4) is 0 Å². The maximum Gasteiger partial charge on any atom is 0.314 e. The zero-order valence-electron chi connectivity index (χ0n) is 11.8. The van der Waals surface area contributed by atoms with Crippen LogP contribution in [0.2, 0.25) is 0 Å². The largest absolute Gasteiger partial charge is 0.396 e. The Morgan fingerprint density at radius 1 is 0.833 bits per heavy atom. The lowest BCUT2D eigenvalue weighted by Gasteiger charge is -2.07. The normalized spacial score (nSPS) is 10.3. The first-order valence-electron chi connectivity index (χ1n) is 7.43. The fraction of sp³-hybridized carbons (Fsp3) is 0.929. The Morgan fingerprint density at radius 2 is 1.33 bits per heavy atom. The van der Waals surface area contributed by atoms with Gasteiger partial charge in [-0.25, -0.2) is 4.79 Å². The second-order valence-corrected chi connectivity index (χ2v) is 4.73. The minimum atomic E-state index is -0.0358. The Kier molecular flexibility index (Phi) is 13.7. The van der Waals surface area contributed by atoms with Gasteiger partial charge in [-0.15, -0.1) is 0 Å². The molecular weight excluding hydrogens is 228 g/mol. The average Bonchev–Trinajstić information content (AvgIpc) is 2.38. The molecule has 0 spiro atoms. The molecule has 108 valence electrons. The standard InChI is InChI=1S/C14H30N2O2/c1-2-3-8-11-15-14(18)16-12-9-6-4-5-7-10-13-17/h17H,2-13H2,1H3,(H2,15,16,18). The number of nitrogens with one attached hydrogen (secondary N) is 2. The van der Waals surface area contributed by atoms with E-state index in [1.165, 1.54) is 25.7 Å². The third-order valence-electron chi connectivity index (χ3n) is 2.94. The Morgan fingerprint density at radius 3 is 1.89 bits per heavy atom. The van der Waals surface area contributed by atoms with Crippen LogP contribution in [0.3, 0.4) is 0 Å². The third-order valence-corrected chi connectivity index (χ3v) is 2.94. The van der Waals surface area contributed by atoms with Gasteiger partial charge in [-0.1, -0.05) is 45.4 Å². The van der Waals surface area contributed by atoms with Crippen molar-refractivity contribution in [2.75, 3.05) is 19.7 Å². The SMILES string of the molecule is CCCCCNC(=O)NCCCCCCCCO. The van der Waals surface area contributed by atoms with Crippen molar-refractivity contribution in [1.29, 1.82) is 0 Å². The van der Waals surface area contributed by atoms with Gasteiger partial charge in [0.15, 0.2) is 0 Å². The zero-order chi connectivity index (χ0) is 13.5. The van der Waals surface area contributed by atoms with E-state index >= 15 is 0 Å². The van der Waals surface area contributed by atoms with Crippen molar-refractivity contribution in [3.63, 3.8) is 0 Å². The molecule has 0 saturated heterocycles. The molecule has 4 heteroatoms. The van der Waals surface area contributed by atoms with Crippen LogP contribution in [0.1, 0.15) is 64.7 Å². The summed E-state index contributed by atoms with van der Waals surface area (Å²) in [7, 11) is 0. The highest BCUT2D eigenvalue weighted by Crippen LogP contribution is 2.04. The number of urea groups is 1. The molecule has 3 N–H and O–H groups in total. The van der Waals surface area contributed by atoms with Crippen LogP contribution in [-0.4, -0.2) is 30.8 Å². The lowest BCUT2D eigenvalue weighted by molar-refractivity contribution is 0.240. The summed E-state index contributed by atoms with van der Waals surface area (Å²) < 4.78 is 0. The van der Waals surface area contributed by atoms with Crippen LogP contribution < -0.4 is 10.6 Å². The molecule has 0 saturated carbocycles. The van der Waals surface area contributed by atoms with Gasteiger partial charge in [0, 0.05) is 19.7 Å². The molecule has 0 rings (SSSR count). The lowest BCUT2D eigenvalue weighted by atomic mass is 10.1. The van der Waals surface area contributed by atoms with E-state index in [1.807, 2.05) is 0 Å². The number of unbranched alkanes of at least 4 members (excludes halogenated alkanes) is 7. The Bertz CT molecular complexity index is 187. The van der Waals surface area contributed by atoms with Gasteiger partial charge < -0.3 is 15.7 Å². The highest BCUT2D eigenvalue weighted by Gasteiger charge is 1.97. The summed E-state index contributed by atoms with van der Waals surface area (Å²) in [6.07, 6.45) is 10.0. The lowest BCUT2D eigenvalue weighted by Crippen LogP contribution is -2.36. The molecule has 0 bridgehead atoms. The van der Waals surface area contributed by atoms with Gasteiger partial charge >= 0.3 is 6.03 Å². The van der Waals surface area contributed by atoms with E-state index in [-0.39, 0.29) is 6.03 Å². The number of aliphatic hydroxyl groups excluding tert-OH is 1. The molecule has 0 aliphatic carbocycles. The molecule has 0 atom stereocenters. The molecule has 0 fully saturated rings. The highest BCUT2D eigenvalue weighted by molar-refractivity contribution is 5.73. The predicted octanol–water partition coefficient (Wildman–Crippen LogP) is 2.81. The van der Waals surface area contributed by atoms with Gasteiger partial charge in [0.05, 0.1) is 0 Å². The van der Waals surface area contributed by atoms with Crippen molar-refractivity contribution in [2.24, 2.45) is 0 Å². The van der Waals surface area contributed by atoms with Crippen molar-refractivity contribution < 1.29 is 9.90 Å². The zero-order valence-corrected chi connectivity index (χ0v) is 11.8. The fourth-order valence-corrected chi connectivity index (χ4v) is 1.79. The first-order chi connectivity index (χ1) is 8.81. The second-order valence-electron chi connectivity index (χ2n) is 4.73. The number of carbonyl (C=O) groups excluding carboxylic acids is 1. The van der Waals surface area contributed by atoms with Crippen molar-refractivity contribution in [3.05, 3.63) is 0 Å². The smallest absolute Gasteiger partial charge is 0.314 e. The third kappa shape index (κ3) is 13.3. The Labute approximate surface area is 112 Å². The Balaban J connectivity index is 3.10. The second kappa shape index (κ2) is 14.3. The minimum Gasteiger partial charge on any atom is -0.396 e. The quantitative estimate of drug-likeness (QED) is 0.471. The van der Waals surface area contributed by atoms with Crippen LogP contribution in [0, 0.1) is 0 Å². The molecule has 0 unspecified atom stereocenters. The van der Waals surface area contributed by atoms with E-state index in [1.54, 1.807) is 0 Å². The first-order valence-corrected chi connectivity index (χ1v) is 7.43. The van der Waals surface area contributed by atoms with Crippen molar-refractivity contribution in [2.45, 2.75) is 64.7 Å². The van der Waals surface area contributed by atoms with Gasteiger partial charge in [-0.3, -0.25) is 0 Å². The topological polar surface area (TPSA) is 61.4 Å². The predicted molar refractivity (Wildman–Crippen MR) is 75.7 cm³/mol. The molecule has 0 aromatic carbocycles. The van der Waals surface area contributed by atoms with E-state index in [9.17, 15) is 4.79 Å². The molecule has 4 nitrogen and oxygen atoms in total. The van der Waals surface area contributed by atoms with Crippen LogP contribution in [-0.2, 0) is 0 Å². The number of carbonyl (C=O) groups is 1. The van der Waals surface area contributed by atoms with E-state index in [0.29, 0.717) is 6.61 Å². The van der Waals surface area contributed by atoms with Gasteiger partial charge in [-0.05, 0) is 19.3 Å². The van der Waals surface area contributed by atoms with E-state index in [0.717, 1.165) is 45.2 Å². The summed E-state index contributed by atoms with van der Waals surface area (Å²) in [6, 6.07) is -0.0358. The monoisotopic (exact) mass is 258 g/mol. The average molecular weight is 258 g/mol. The maximum atomic E-state index is 11.3. The highest BCUT2D eigenvalue weighted by atomic mass is 16.2. The molecule has 18 heavy (non-hydrogen) atoms. The van der Waals surface area contributed by atoms with Gasteiger partial charge in [-0.2, -0.15) is 0 Å². The van der Waals surface area contributed by atoms with Crippen LogP contribution in [0.5, 0.6) is 0 Å². The number of hydrogen-bond donors (Lipinski definition) is 3. The van der Waals surface area contributed by atoms with E-state index in [4.69, 9.17) is 5.11 Å². The first kappa shape index (κ1) is 17.2. The number of aliphatic hydroxyl groups is 1. The summed E-state index contributed by atoms with van der Waals surface area (Å²) in [5, 5.41) is 14.3. The fourth-order valence-electron chi connectivity index (χ4n) is 1.79. The number of amides is 2. The van der Waals surface area contributed by atoms with Gasteiger partial charge in [0.25, 0.3) is 0 Å². The van der Waals surface area contributed by atoms with Crippen LogP contribution in [0.25, 0.3) is 0 Å². The molecular formula is C14H30N2O2. The minimum absolute atomic E-state index is 0.0358. The number of hydrogen-bond acceptors (Lipinski definition) is 2. The maximum absolute atomic E-state index is 11.3. The molecule has 0 aromatic heterocycles. The van der Waals surface area contributed by atoms with Crippen LogP contribution in [0.4, 0.5) is 4.79 Å². The van der Waals surface area contributed by atoms with Crippen LogP contribution >= 0.6 is 0 Å². The van der Waals surface area contributed by atoms with E-state index in [2.05, 4.69) is 17.6 Å². The number of rotatable bonds is 12. The summed E-state index contributed by atoms with van der Waals surface area (Å²) in [6.45, 7) is 4.00. The van der Waals surface area contributed by atoms with Gasteiger partial charge in [0.2, 0.25) is 0 Å². The Hall–Kier alpha value is -0.770. The molecule has 2 amide bonds. The molecule has 0 heterocycles. The molecule has 0 aliphatic heterocycles. The molecule has 0 radical (unpaired) electrons. The summed E-state index contributed by atoms with van der Waals surface area (Å²) in [5.74, 6) is 0. The molecule has 0 aromatic rings. The van der Waals surface area contributed by atoms with Crippen LogP contribution in [0.15, 0.2) is 0 Å². The van der Waals surface area contributed by atoms with Crippen molar-refractivity contribution in [1.82, 2.24) is 10.6 Å².